The number of esters is 4. The molecule has 0 radical (unpaired) electrons. The highest BCUT2D eigenvalue weighted by Gasteiger charge is 2.30. The van der Waals surface area contributed by atoms with E-state index in [0.717, 1.165) is 102 Å². The summed E-state index contributed by atoms with van der Waals surface area (Å²) in [4.78, 5) is 73.0. The van der Waals surface area contributed by atoms with Crippen molar-refractivity contribution in [2.45, 2.75) is 457 Å². The first-order valence-corrected chi connectivity index (χ1v) is 45.7. The van der Waals surface area contributed by atoms with E-state index in [1.807, 2.05) is 0 Å². The molecule has 0 amide bonds. The molecular weight excluding hydrogens is 1320 g/mol. The Morgan fingerprint density at radius 2 is 0.475 bits per heavy atom. The van der Waals surface area contributed by atoms with Crippen LogP contribution in [0, 0.1) is 5.92 Å². The van der Waals surface area contributed by atoms with Gasteiger partial charge >= 0.3 is 39.5 Å². The van der Waals surface area contributed by atoms with Crippen LogP contribution in [0.5, 0.6) is 0 Å². The molecule has 101 heavy (non-hydrogen) atoms. The van der Waals surface area contributed by atoms with Crippen molar-refractivity contribution in [1.29, 1.82) is 0 Å². The van der Waals surface area contributed by atoms with Crippen LogP contribution in [0.15, 0.2) is 0 Å². The Morgan fingerprint density at radius 3 is 0.703 bits per heavy atom. The monoisotopic (exact) mass is 1480 g/mol. The number of unbranched alkanes of at least 4 members (excludes halogenated alkanes) is 53. The highest BCUT2D eigenvalue weighted by molar-refractivity contribution is 7.47. The van der Waals surface area contributed by atoms with Crippen LogP contribution in [0.2, 0.25) is 0 Å². The molecular formula is C82H160O17P2. The van der Waals surface area contributed by atoms with Crippen LogP contribution in [-0.2, 0) is 65.4 Å². The molecule has 0 aromatic carbocycles. The van der Waals surface area contributed by atoms with Crippen molar-refractivity contribution in [2.75, 3.05) is 39.6 Å². The molecule has 0 aliphatic rings. The van der Waals surface area contributed by atoms with Gasteiger partial charge in [0.15, 0.2) is 12.2 Å². The average Bonchev–Trinajstić information content (AvgIpc) is 0.957. The van der Waals surface area contributed by atoms with Crippen molar-refractivity contribution in [3.63, 3.8) is 0 Å². The van der Waals surface area contributed by atoms with Gasteiger partial charge in [-0.3, -0.25) is 37.3 Å². The lowest BCUT2D eigenvalue weighted by molar-refractivity contribution is -0.161. The molecule has 3 N–H and O–H groups in total. The summed E-state index contributed by atoms with van der Waals surface area (Å²) in [6, 6.07) is 0. The molecule has 0 saturated heterocycles. The molecule has 0 bridgehead atoms. The maximum atomic E-state index is 13.1. The van der Waals surface area contributed by atoms with Gasteiger partial charge in [-0.15, -0.1) is 0 Å². The Kier molecular flexibility index (Phi) is 73.5. The number of phosphoric ester groups is 2. The minimum absolute atomic E-state index is 0.107. The van der Waals surface area contributed by atoms with Gasteiger partial charge in [0.05, 0.1) is 26.4 Å². The molecule has 0 aliphatic heterocycles. The summed E-state index contributed by atoms with van der Waals surface area (Å²) in [5.74, 6) is -1.38. The van der Waals surface area contributed by atoms with Crippen LogP contribution >= 0.6 is 15.6 Å². The number of ether oxygens (including phenoxy) is 4. The second-order valence-corrected chi connectivity index (χ2v) is 32.7. The van der Waals surface area contributed by atoms with E-state index in [-0.39, 0.29) is 25.7 Å². The van der Waals surface area contributed by atoms with Gasteiger partial charge in [-0.2, -0.15) is 0 Å². The summed E-state index contributed by atoms with van der Waals surface area (Å²) in [6.07, 6.45) is 66.7. The van der Waals surface area contributed by atoms with Gasteiger partial charge in [0, 0.05) is 25.7 Å². The Bertz CT molecular complexity index is 1930. The summed E-state index contributed by atoms with van der Waals surface area (Å²) < 4.78 is 68.7. The Labute approximate surface area is 619 Å². The Hall–Kier alpha value is -1.94. The maximum Gasteiger partial charge on any atom is 0.472 e. The van der Waals surface area contributed by atoms with Gasteiger partial charge in [0.2, 0.25) is 0 Å². The van der Waals surface area contributed by atoms with E-state index in [1.54, 1.807) is 0 Å². The van der Waals surface area contributed by atoms with Crippen molar-refractivity contribution in [3.8, 4) is 0 Å². The number of carbonyl (C=O) groups is 4. The van der Waals surface area contributed by atoms with E-state index in [2.05, 4.69) is 34.6 Å². The highest BCUT2D eigenvalue weighted by atomic mass is 31.2. The largest absolute Gasteiger partial charge is 0.472 e. The van der Waals surface area contributed by atoms with Crippen LogP contribution in [0.3, 0.4) is 0 Å². The number of hydrogen-bond acceptors (Lipinski definition) is 15. The van der Waals surface area contributed by atoms with Gasteiger partial charge in [0.1, 0.15) is 19.3 Å². The summed E-state index contributed by atoms with van der Waals surface area (Å²) in [6.45, 7) is 7.30. The average molecular weight is 1480 g/mol. The number of hydrogen-bond donors (Lipinski definition) is 3. The lowest BCUT2D eigenvalue weighted by Crippen LogP contribution is -2.30. The first-order chi connectivity index (χ1) is 49.1. The van der Waals surface area contributed by atoms with Crippen LogP contribution in [0.25, 0.3) is 0 Å². The van der Waals surface area contributed by atoms with E-state index >= 15 is 0 Å². The third-order valence-electron chi connectivity index (χ3n) is 19.6. The van der Waals surface area contributed by atoms with Crippen molar-refractivity contribution in [2.24, 2.45) is 5.92 Å². The molecule has 600 valence electrons. The SMILES string of the molecule is CCCCCCCCCCCCCCCCCCCCCCCCC(=O)O[C@H](COC(=O)CCCCCCCCCCCCCCCCC)COP(=O)(O)OC[C@@H](O)COP(=O)(O)OC[C@@H](COC(=O)CCCCCCCCC(C)CC)OC(=O)CCCCCCCCCCCCCCCC. The number of carbonyl (C=O) groups excluding carboxylic acids is 4. The molecule has 0 aromatic rings. The molecule has 0 fully saturated rings. The lowest BCUT2D eigenvalue weighted by Gasteiger charge is -2.21. The van der Waals surface area contributed by atoms with Crippen LogP contribution in [-0.4, -0.2) is 96.7 Å². The zero-order chi connectivity index (χ0) is 74.1. The van der Waals surface area contributed by atoms with Crippen molar-refractivity contribution >= 4 is 39.5 Å². The van der Waals surface area contributed by atoms with Crippen LogP contribution in [0.4, 0.5) is 0 Å². The minimum atomic E-state index is -4.96. The summed E-state index contributed by atoms with van der Waals surface area (Å²) >= 11 is 0. The van der Waals surface area contributed by atoms with E-state index < -0.39 is 97.5 Å². The molecule has 0 heterocycles. The predicted molar refractivity (Wildman–Crippen MR) is 414 cm³/mol. The fourth-order valence-electron chi connectivity index (χ4n) is 12.7. The van der Waals surface area contributed by atoms with E-state index in [1.165, 1.54) is 257 Å². The molecule has 3 unspecified atom stereocenters. The second-order valence-electron chi connectivity index (χ2n) is 29.8. The van der Waals surface area contributed by atoms with Gasteiger partial charge in [-0.25, -0.2) is 9.13 Å². The first-order valence-electron chi connectivity index (χ1n) is 42.7. The van der Waals surface area contributed by atoms with Crippen molar-refractivity contribution in [3.05, 3.63) is 0 Å². The highest BCUT2D eigenvalue weighted by Crippen LogP contribution is 2.45. The van der Waals surface area contributed by atoms with Gasteiger partial charge in [-0.1, -0.05) is 388 Å². The summed E-state index contributed by atoms with van der Waals surface area (Å²) in [5, 5.41) is 10.6. The Balaban J connectivity index is 5.21. The van der Waals surface area contributed by atoms with Crippen LogP contribution < -0.4 is 0 Å². The van der Waals surface area contributed by atoms with Crippen LogP contribution in [0.1, 0.15) is 439 Å². The molecule has 0 saturated carbocycles. The van der Waals surface area contributed by atoms with Gasteiger partial charge < -0.3 is 33.8 Å². The second kappa shape index (κ2) is 74.9. The van der Waals surface area contributed by atoms with Gasteiger partial charge in [-0.05, 0) is 31.6 Å². The topological polar surface area (TPSA) is 237 Å². The standard InChI is InChI=1S/C82H160O17P2/c1-6-10-13-16-19-22-25-28-31-32-33-34-35-36-37-39-42-45-48-51-58-63-68-81(86)98-77(71-92-79(84)65-60-55-49-46-43-41-38-29-26-23-20-17-14-11-7-2)73-96-100(88,89)94-69-76(83)70-95-101(90,91)97-74-78(72-93-80(85)66-61-56-53-52-54-59-64-75(5)9-4)99-82(87)67-62-57-50-47-44-40-30-27-24-21-18-15-12-8-3/h75-78,83H,6-74H2,1-5H3,(H,88,89)(H,90,91)/t75?,76-,77-,78-/m1/s1. The molecule has 17 nitrogen and oxygen atoms in total. The van der Waals surface area contributed by atoms with E-state index in [9.17, 15) is 43.2 Å². The molecule has 0 rings (SSSR count). The zero-order valence-corrected chi connectivity index (χ0v) is 67.8. The molecule has 0 spiro atoms. The van der Waals surface area contributed by atoms with E-state index in [4.69, 9.17) is 37.0 Å². The number of phosphoric acid groups is 2. The number of aliphatic hydroxyl groups excluding tert-OH is 1. The number of aliphatic hydroxyl groups is 1. The summed E-state index contributed by atoms with van der Waals surface area (Å²) in [5.41, 5.74) is 0. The molecule has 6 atom stereocenters. The zero-order valence-electron chi connectivity index (χ0n) is 66.1. The molecule has 19 heteroatoms. The Morgan fingerprint density at radius 1 is 0.277 bits per heavy atom. The minimum Gasteiger partial charge on any atom is -0.462 e. The fourth-order valence-corrected chi connectivity index (χ4v) is 14.3. The first kappa shape index (κ1) is 99.1. The number of rotatable bonds is 82. The predicted octanol–water partition coefficient (Wildman–Crippen LogP) is 24.8. The van der Waals surface area contributed by atoms with Gasteiger partial charge in [0.25, 0.3) is 0 Å². The fraction of sp³-hybridized carbons (Fsp3) is 0.951. The summed E-state index contributed by atoms with van der Waals surface area (Å²) in [7, 11) is -9.92. The smallest absolute Gasteiger partial charge is 0.462 e. The third-order valence-corrected chi connectivity index (χ3v) is 21.5. The quantitative estimate of drug-likeness (QED) is 0.0222. The molecule has 0 aliphatic carbocycles. The molecule has 0 aromatic heterocycles. The van der Waals surface area contributed by atoms with E-state index in [0.29, 0.717) is 25.7 Å². The normalized spacial score (nSPS) is 14.1. The van der Waals surface area contributed by atoms with Crippen molar-refractivity contribution < 1.29 is 80.2 Å². The van der Waals surface area contributed by atoms with Crippen molar-refractivity contribution in [1.82, 2.24) is 0 Å². The third kappa shape index (κ3) is 74.7. The maximum absolute atomic E-state index is 13.1. The lowest BCUT2D eigenvalue weighted by atomic mass is 10.00.